The minimum atomic E-state index is -0.761. The lowest BCUT2D eigenvalue weighted by atomic mass is 9.80. The molecule has 0 atom stereocenters. The second-order valence-electron chi connectivity index (χ2n) is 5.53. The van der Waals surface area contributed by atoms with Gasteiger partial charge in [0.2, 0.25) is 0 Å². The smallest absolute Gasteiger partial charge is 0.126 e. The molecule has 1 aromatic carbocycles. The zero-order valence-corrected chi connectivity index (χ0v) is 11.7. The zero-order valence-electron chi connectivity index (χ0n) is 10.9. The number of fused-ring (bicyclic) bond motifs is 1. The molecule has 0 bridgehead atoms. The number of nitriles is 1. The van der Waals surface area contributed by atoms with Crippen LogP contribution in [0.3, 0.4) is 0 Å². The lowest BCUT2D eigenvalue weighted by Gasteiger charge is -2.33. The lowest BCUT2D eigenvalue weighted by Crippen LogP contribution is -2.30. The van der Waals surface area contributed by atoms with Gasteiger partial charge in [-0.15, -0.1) is 11.3 Å². The molecule has 19 heavy (non-hydrogen) atoms. The van der Waals surface area contributed by atoms with E-state index in [0.717, 1.165) is 40.9 Å². The first-order valence-corrected chi connectivity index (χ1v) is 7.46. The predicted octanol–water partition coefficient (Wildman–Crippen LogP) is 3.57. The van der Waals surface area contributed by atoms with E-state index in [1.54, 1.807) is 6.07 Å². The molecule has 0 saturated heterocycles. The first kappa shape index (κ1) is 12.6. The Labute approximate surface area is 116 Å². The van der Waals surface area contributed by atoms with E-state index >= 15 is 0 Å². The molecule has 0 spiro atoms. The highest BCUT2D eigenvalue weighted by molar-refractivity contribution is 7.18. The van der Waals surface area contributed by atoms with Gasteiger partial charge in [-0.05, 0) is 49.8 Å². The van der Waals surface area contributed by atoms with E-state index in [-0.39, 0.29) is 0 Å². The SMILES string of the molecule is CC1CCC(O)(c2nc3ccc(C#N)cc3s2)CC1. The van der Waals surface area contributed by atoms with Crippen molar-refractivity contribution in [2.45, 2.75) is 38.2 Å². The molecule has 0 unspecified atom stereocenters. The van der Waals surface area contributed by atoms with Gasteiger partial charge in [-0.2, -0.15) is 5.26 Å². The van der Waals surface area contributed by atoms with Crippen LogP contribution in [0.25, 0.3) is 10.2 Å². The van der Waals surface area contributed by atoms with Crippen LogP contribution in [-0.4, -0.2) is 10.1 Å². The Morgan fingerprint density at radius 1 is 1.42 bits per heavy atom. The molecule has 1 aliphatic carbocycles. The van der Waals surface area contributed by atoms with Crippen LogP contribution in [0.1, 0.15) is 43.2 Å². The Bertz CT molecular complexity index is 648. The van der Waals surface area contributed by atoms with E-state index in [1.165, 1.54) is 11.3 Å². The van der Waals surface area contributed by atoms with Crippen molar-refractivity contribution in [3.8, 4) is 6.07 Å². The largest absolute Gasteiger partial charge is 0.383 e. The van der Waals surface area contributed by atoms with Gasteiger partial charge in [0.25, 0.3) is 0 Å². The fourth-order valence-corrected chi connectivity index (χ4v) is 3.80. The molecule has 1 fully saturated rings. The first-order valence-electron chi connectivity index (χ1n) is 6.64. The average molecular weight is 272 g/mol. The van der Waals surface area contributed by atoms with Gasteiger partial charge in [0.05, 0.1) is 21.8 Å². The van der Waals surface area contributed by atoms with Crippen LogP contribution >= 0.6 is 11.3 Å². The Hall–Kier alpha value is -1.44. The maximum Gasteiger partial charge on any atom is 0.126 e. The van der Waals surface area contributed by atoms with Crippen molar-refractivity contribution in [1.82, 2.24) is 4.98 Å². The number of rotatable bonds is 1. The fraction of sp³-hybridized carbons (Fsp3) is 0.467. The van der Waals surface area contributed by atoms with E-state index < -0.39 is 5.60 Å². The summed E-state index contributed by atoms with van der Waals surface area (Å²) in [6.07, 6.45) is 3.68. The van der Waals surface area contributed by atoms with E-state index in [2.05, 4.69) is 18.0 Å². The number of thiazole rings is 1. The van der Waals surface area contributed by atoms with Gasteiger partial charge in [0, 0.05) is 0 Å². The van der Waals surface area contributed by atoms with Gasteiger partial charge in [-0.25, -0.2) is 4.98 Å². The second-order valence-corrected chi connectivity index (χ2v) is 6.56. The monoisotopic (exact) mass is 272 g/mol. The van der Waals surface area contributed by atoms with Crippen molar-refractivity contribution in [2.24, 2.45) is 5.92 Å². The molecule has 1 N–H and O–H groups in total. The summed E-state index contributed by atoms with van der Waals surface area (Å²) in [5.74, 6) is 0.694. The Balaban J connectivity index is 1.99. The summed E-state index contributed by atoms with van der Waals surface area (Å²) in [7, 11) is 0. The molecule has 2 aromatic rings. The van der Waals surface area contributed by atoms with E-state index in [1.807, 2.05) is 12.1 Å². The molecule has 0 amide bonds. The van der Waals surface area contributed by atoms with Crippen molar-refractivity contribution in [3.63, 3.8) is 0 Å². The van der Waals surface area contributed by atoms with Crippen LogP contribution in [0.4, 0.5) is 0 Å². The van der Waals surface area contributed by atoms with Crippen molar-refractivity contribution in [2.75, 3.05) is 0 Å². The average Bonchev–Trinajstić information content (AvgIpc) is 2.86. The fourth-order valence-electron chi connectivity index (χ4n) is 2.65. The molecular weight excluding hydrogens is 256 g/mol. The molecule has 4 heteroatoms. The van der Waals surface area contributed by atoms with Crippen molar-refractivity contribution in [3.05, 3.63) is 28.8 Å². The minimum Gasteiger partial charge on any atom is -0.383 e. The maximum atomic E-state index is 10.8. The summed E-state index contributed by atoms with van der Waals surface area (Å²) in [6, 6.07) is 7.63. The standard InChI is InChI=1S/C15H16N2OS/c1-10-4-6-15(18,7-5-10)14-17-12-3-2-11(9-16)8-13(12)19-14/h2-3,8,10,18H,4-7H2,1H3. The molecule has 1 aliphatic rings. The van der Waals surface area contributed by atoms with Gasteiger partial charge >= 0.3 is 0 Å². The topological polar surface area (TPSA) is 56.9 Å². The zero-order chi connectivity index (χ0) is 13.5. The number of benzene rings is 1. The molecular formula is C15H16N2OS. The third-order valence-corrected chi connectivity index (χ3v) is 5.23. The molecule has 1 aromatic heterocycles. The minimum absolute atomic E-state index is 0.645. The van der Waals surface area contributed by atoms with Crippen LogP contribution in [0, 0.1) is 17.2 Å². The summed E-state index contributed by atoms with van der Waals surface area (Å²) in [5.41, 5.74) is 0.765. The molecule has 0 radical (unpaired) electrons. The summed E-state index contributed by atoms with van der Waals surface area (Å²) in [4.78, 5) is 4.57. The van der Waals surface area contributed by atoms with E-state index in [4.69, 9.17) is 5.26 Å². The van der Waals surface area contributed by atoms with Crippen LogP contribution in [0.5, 0.6) is 0 Å². The third-order valence-electron chi connectivity index (χ3n) is 4.02. The normalized spacial score (nSPS) is 27.3. The summed E-state index contributed by atoms with van der Waals surface area (Å²) >= 11 is 1.52. The molecule has 1 saturated carbocycles. The summed E-state index contributed by atoms with van der Waals surface area (Å²) < 4.78 is 0.987. The summed E-state index contributed by atoms with van der Waals surface area (Å²) in [6.45, 7) is 2.23. The highest BCUT2D eigenvalue weighted by atomic mass is 32.1. The lowest BCUT2D eigenvalue weighted by molar-refractivity contribution is -0.0120. The number of nitrogens with zero attached hydrogens (tertiary/aromatic N) is 2. The van der Waals surface area contributed by atoms with Crippen molar-refractivity contribution < 1.29 is 5.11 Å². The van der Waals surface area contributed by atoms with Crippen LogP contribution in [0.2, 0.25) is 0 Å². The highest BCUT2D eigenvalue weighted by Gasteiger charge is 2.36. The predicted molar refractivity (Wildman–Crippen MR) is 75.9 cm³/mol. The van der Waals surface area contributed by atoms with Crippen LogP contribution in [0.15, 0.2) is 18.2 Å². The van der Waals surface area contributed by atoms with Crippen LogP contribution < -0.4 is 0 Å². The maximum absolute atomic E-state index is 10.8. The van der Waals surface area contributed by atoms with Gasteiger partial charge < -0.3 is 5.11 Å². The molecule has 3 nitrogen and oxygen atoms in total. The molecule has 3 rings (SSSR count). The Morgan fingerprint density at radius 3 is 2.84 bits per heavy atom. The third kappa shape index (κ3) is 2.24. The quantitative estimate of drug-likeness (QED) is 0.863. The van der Waals surface area contributed by atoms with E-state index in [9.17, 15) is 5.11 Å². The summed E-state index contributed by atoms with van der Waals surface area (Å²) in [5, 5.41) is 20.5. The Morgan fingerprint density at radius 2 is 2.16 bits per heavy atom. The number of hydrogen-bond acceptors (Lipinski definition) is 4. The van der Waals surface area contributed by atoms with Crippen molar-refractivity contribution in [1.29, 1.82) is 5.26 Å². The molecule has 0 aliphatic heterocycles. The highest BCUT2D eigenvalue weighted by Crippen LogP contribution is 2.42. The van der Waals surface area contributed by atoms with E-state index in [0.29, 0.717) is 11.5 Å². The van der Waals surface area contributed by atoms with Gasteiger partial charge in [-0.1, -0.05) is 6.92 Å². The van der Waals surface area contributed by atoms with Crippen molar-refractivity contribution >= 4 is 21.6 Å². The van der Waals surface area contributed by atoms with Gasteiger partial charge in [-0.3, -0.25) is 0 Å². The first-order chi connectivity index (χ1) is 9.10. The van der Waals surface area contributed by atoms with Crippen LogP contribution in [-0.2, 0) is 5.60 Å². The van der Waals surface area contributed by atoms with Gasteiger partial charge in [0.15, 0.2) is 0 Å². The van der Waals surface area contributed by atoms with Gasteiger partial charge in [0.1, 0.15) is 10.6 Å². The molecule has 1 heterocycles. The number of aliphatic hydroxyl groups is 1. The molecule has 98 valence electrons. The Kier molecular flexibility index (Phi) is 3.04. The second kappa shape index (κ2) is 4.59. The number of aromatic nitrogens is 1. The number of hydrogen-bond donors (Lipinski definition) is 1.